The first-order valence-electron chi connectivity index (χ1n) is 5.01. The summed E-state index contributed by atoms with van der Waals surface area (Å²) in [6, 6.07) is 3.15. The minimum absolute atomic E-state index is 0.164. The van der Waals surface area contributed by atoms with E-state index in [1.165, 1.54) is 11.6 Å². The minimum Gasteiger partial charge on any atom is -0.255 e. The van der Waals surface area contributed by atoms with Crippen LogP contribution in [0.25, 0.3) is 0 Å². The lowest BCUT2D eigenvalue weighted by molar-refractivity contribution is 0.0127. The summed E-state index contributed by atoms with van der Waals surface area (Å²) < 4.78 is 25.8. The van der Waals surface area contributed by atoms with Gasteiger partial charge in [0.1, 0.15) is 5.69 Å². The van der Waals surface area contributed by atoms with E-state index < -0.39 is 5.92 Å². The monoisotopic (exact) mass is 209 g/mol. The lowest BCUT2D eigenvalue weighted by Crippen LogP contribution is -2.09. The van der Waals surface area contributed by atoms with E-state index in [0.29, 0.717) is 5.92 Å². The third-order valence-electron chi connectivity index (χ3n) is 2.73. The van der Waals surface area contributed by atoms with E-state index in [1.807, 2.05) is 0 Å². The van der Waals surface area contributed by atoms with Crippen LogP contribution in [-0.2, 0) is 5.92 Å². The van der Waals surface area contributed by atoms with E-state index in [0.717, 1.165) is 18.9 Å². The molecular formula is C12H13F2N. The van der Waals surface area contributed by atoms with Crippen molar-refractivity contribution in [3.8, 4) is 0 Å². The Balaban J connectivity index is 2.20. The topological polar surface area (TPSA) is 12.9 Å². The molecule has 0 N–H and O–H groups in total. The zero-order chi connectivity index (χ0) is 11.1. The van der Waals surface area contributed by atoms with Gasteiger partial charge >= 0.3 is 0 Å². The summed E-state index contributed by atoms with van der Waals surface area (Å²) in [5, 5.41) is 0. The number of aromatic nitrogens is 1. The number of allylic oxidation sites excluding steroid dienone is 2. The predicted molar refractivity (Wildman–Crippen MR) is 54.9 cm³/mol. The van der Waals surface area contributed by atoms with Gasteiger partial charge in [0.2, 0.25) is 0 Å². The van der Waals surface area contributed by atoms with Gasteiger partial charge < -0.3 is 0 Å². The van der Waals surface area contributed by atoms with Gasteiger partial charge in [0.15, 0.2) is 0 Å². The highest BCUT2D eigenvalue weighted by Crippen LogP contribution is 2.35. The zero-order valence-corrected chi connectivity index (χ0v) is 8.80. The molecular weight excluding hydrogens is 196 g/mol. The van der Waals surface area contributed by atoms with Gasteiger partial charge in [-0.2, -0.15) is 8.78 Å². The van der Waals surface area contributed by atoms with Gasteiger partial charge in [-0.25, -0.2) is 0 Å². The normalized spacial score (nSPS) is 17.2. The highest BCUT2D eigenvalue weighted by Gasteiger charge is 2.26. The summed E-state index contributed by atoms with van der Waals surface area (Å²) in [4.78, 5) is 3.80. The van der Waals surface area contributed by atoms with Crippen LogP contribution >= 0.6 is 0 Å². The summed E-state index contributed by atoms with van der Waals surface area (Å²) in [6.45, 7) is 2.93. The average molecular weight is 209 g/mol. The van der Waals surface area contributed by atoms with Gasteiger partial charge in [0, 0.05) is 19.0 Å². The summed E-state index contributed by atoms with van der Waals surface area (Å²) >= 11 is 0. The molecule has 1 nitrogen and oxygen atoms in total. The van der Waals surface area contributed by atoms with Crippen LogP contribution in [0.4, 0.5) is 8.78 Å². The molecule has 80 valence electrons. The third kappa shape index (κ3) is 2.22. The zero-order valence-electron chi connectivity index (χ0n) is 8.80. The first-order chi connectivity index (χ1) is 6.98. The molecule has 1 aromatic heterocycles. The maximum atomic E-state index is 12.9. The van der Waals surface area contributed by atoms with Crippen molar-refractivity contribution in [2.75, 3.05) is 0 Å². The first-order valence-corrected chi connectivity index (χ1v) is 5.01. The van der Waals surface area contributed by atoms with Crippen molar-refractivity contribution in [1.29, 1.82) is 0 Å². The molecule has 0 amide bonds. The third-order valence-corrected chi connectivity index (χ3v) is 2.73. The quantitative estimate of drug-likeness (QED) is 0.693. The molecule has 1 aromatic rings. The molecule has 1 aliphatic rings. The molecule has 0 aliphatic heterocycles. The van der Waals surface area contributed by atoms with Crippen molar-refractivity contribution >= 4 is 0 Å². The molecule has 15 heavy (non-hydrogen) atoms. The van der Waals surface area contributed by atoms with E-state index in [4.69, 9.17) is 0 Å². The predicted octanol–water partition coefficient (Wildman–Crippen LogP) is 3.63. The van der Waals surface area contributed by atoms with Crippen molar-refractivity contribution in [2.45, 2.75) is 32.1 Å². The lowest BCUT2D eigenvalue weighted by Gasteiger charge is -2.12. The molecule has 1 atom stereocenters. The highest BCUT2D eigenvalue weighted by atomic mass is 19.3. The second kappa shape index (κ2) is 3.40. The van der Waals surface area contributed by atoms with Crippen molar-refractivity contribution in [2.24, 2.45) is 0 Å². The average Bonchev–Trinajstić information content (AvgIpc) is 2.99. The van der Waals surface area contributed by atoms with Crippen LogP contribution in [0.15, 0.2) is 30.0 Å². The fraction of sp³-hybridized carbons (Fsp3) is 0.417. The van der Waals surface area contributed by atoms with Crippen LogP contribution in [0.5, 0.6) is 0 Å². The second-order valence-corrected chi connectivity index (χ2v) is 4.07. The number of nitrogens with zero attached hydrogens (tertiary/aromatic N) is 1. The van der Waals surface area contributed by atoms with Crippen LogP contribution in [-0.4, -0.2) is 4.98 Å². The van der Waals surface area contributed by atoms with Gasteiger partial charge in [-0.15, -0.1) is 0 Å². The molecule has 0 spiro atoms. The molecule has 0 aromatic carbocycles. The molecule has 0 radical (unpaired) electrons. The van der Waals surface area contributed by atoms with Crippen LogP contribution in [0, 0.1) is 0 Å². The summed E-state index contributed by atoms with van der Waals surface area (Å²) in [5.41, 5.74) is 2.21. The number of hydrogen-bond acceptors (Lipinski definition) is 1. The Morgan fingerprint density at radius 1 is 1.40 bits per heavy atom. The second-order valence-electron chi connectivity index (χ2n) is 4.07. The Hall–Kier alpha value is -1.25. The number of rotatable bonds is 3. The van der Waals surface area contributed by atoms with Crippen LogP contribution < -0.4 is 0 Å². The molecule has 1 unspecified atom stereocenters. The Morgan fingerprint density at radius 3 is 2.47 bits per heavy atom. The fourth-order valence-corrected chi connectivity index (χ4v) is 1.55. The number of pyridine rings is 1. The van der Waals surface area contributed by atoms with Gasteiger partial charge in [-0.3, -0.25) is 4.98 Å². The molecule has 0 saturated heterocycles. The van der Waals surface area contributed by atoms with Gasteiger partial charge in [0.05, 0.1) is 0 Å². The van der Waals surface area contributed by atoms with Crippen LogP contribution in [0.2, 0.25) is 0 Å². The molecule has 1 heterocycles. The SMILES string of the molecule is CC(C1=CC1)c1ccc(C(C)(F)F)nc1. The fourth-order valence-electron chi connectivity index (χ4n) is 1.55. The van der Waals surface area contributed by atoms with Gasteiger partial charge in [0.25, 0.3) is 5.92 Å². The number of hydrogen-bond donors (Lipinski definition) is 0. The standard InChI is InChI=1S/C12H13F2N/c1-8(9-3-4-9)10-5-6-11(15-7-10)12(2,13)14/h3,5-8H,4H2,1-2H3. The summed E-state index contributed by atoms with van der Waals surface area (Å²) in [7, 11) is 0. The smallest absolute Gasteiger partial charge is 0.255 e. The van der Waals surface area contributed by atoms with Crippen molar-refractivity contribution in [1.82, 2.24) is 4.98 Å². The van der Waals surface area contributed by atoms with Crippen LogP contribution in [0.1, 0.15) is 37.4 Å². The van der Waals surface area contributed by atoms with E-state index in [2.05, 4.69) is 18.0 Å². The van der Waals surface area contributed by atoms with E-state index in [9.17, 15) is 8.78 Å². The Kier molecular flexibility index (Phi) is 2.33. The molecule has 0 fully saturated rings. The highest BCUT2D eigenvalue weighted by molar-refractivity contribution is 5.35. The van der Waals surface area contributed by atoms with Gasteiger partial charge in [-0.05, 0) is 18.1 Å². The molecule has 2 rings (SSSR count). The maximum Gasteiger partial charge on any atom is 0.286 e. The van der Waals surface area contributed by atoms with E-state index >= 15 is 0 Å². The molecule has 1 aliphatic carbocycles. The largest absolute Gasteiger partial charge is 0.286 e. The molecule has 0 bridgehead atoms. The lowest BCUT2D eigenvalue weighted by atomic mass is 10.00. The number of halogens is 2. The Bertz CT molecular complexity index is 387. The van der Waals surface area contributed by atoms with Crippen molar-refractivity contribution < 1.29 is 8.78 Å². The summed E-state index contributed by atoms with van der Waals surface area (Å²) in [6.07, 6.45) is 4.75. The summed E-state index contributed by atoms with van der Waals surface area (Å²) in [5.74, 6) is -2.53. The van der Waals surface area contributed by atoms with Gasteiger partial charge in [-0.1, -0.05) is 24.6 Å². The number of alkyl halides is 2. The molecule has 0 saturated carbocycles. The van der Waals surface area contributed by atoms with E-state index in [1.54, 1.807) is 12.3 Å². The van der Waals surface area contributed by atoms with E-state index in [-0.39, 0.29) is 5.69 Å². The Labute approximate surface area is 87.8 Å². The Morgan fingerprint density at radius 2 is 2.07 bits per heavy atom. The maximum absolute atomic E-state index is 12.9. The minimum atomic E-state index is -2.85. The molecule has 3 heteroatoms. The van der Waals surface area contributed by atoms with Crippen LogP contribution in [0.3, 0.4) is 0 Å². The van der Waals surface area contributed by atoms with Crippen molar-refractivity contribution in [3.05, 3.63) is 41.2 Å². The van der Waals surface area contributed by atoms with Crippen molar-refractivity contribution in [3.63, 3.8) is 0 Å². The first kappa shape index (κ1) is 10.3.